The molecule has 0 saturated heterocycles. The Bertz CT molecular complexity index is 1240. The third-order valence-corrected chi connectivity index (χ3v) is 6.05. The number of nitrogens with one attached hydrogen (secondary N) is 2. The molecule has 0 aliphatic rings. The summed E-state index contributed by atoms with van der Waals surface area (Å²) in [4.78, 5) is 30.3. The summed E-state index contributed by atoms with van der Waals surface area (Å²) < 4.78 is 0. The Morgan fingerprint density at radius 3 is 2.28 bits per heavy atom. The number of nitrogens with zero attached hydrogens (tertiary/aromatic N) is 1. The van der Waals surface area contributed by atoms with E-state index in [0.717, 1.165) is 26.7 Å². The van der Waals surface area contributed by atoms with Gasteiger partial charge in [0.05, 0.1) is 12.2 Å². The predicted molar refractivity (Wildman–Crippen MR) is 130 cm³/mol. The molecule has 2 N–H and O–H groups in total. The van der Waals surface area contributed by atoms with Gasteiger partial charge >= 0.3 is 0 Å². The van der Waals surface area contributed by atoms with E-state index in [1.807, 2.05) is 54.6 Å². The zero-order valence-corrected chi connectivity index (χ0v) is 18.8. The highest BCUT2D eigenvalue weighted by Gasteiger charge is 2.12. The molecule has 0 spiro atoms. The summed E-state index contributed by atoms with van der Waals surface area (Å²) in [6.45, 7) is 1.92. The molecule has 4 aromatic rings. The third-order valence-electron chi connectivity index (χ3n) is 4.78. The average Bonchev–Trinajstić information content (AvgIpc) is 3.20. The summed E-state index contributed by atoms with van der Waals surface area (Å²) in [7, 11) is 0. The maximum atomic E-state index is 12.2. The van der Waals surface area contributed by atoms with Crippen LogP contribution in [0.5, 0.6) is 0 Å². The van der Waals surface area contributed by atoms with Crippen molar-refractivity contribution in [3.8, 4) is 21.8 Å². The molecule has 0 unspecified atom stereocenters. The van der Waals surface area contributed by atoms with Crippen LogP contribution in [-0.4, -0.2) is 23.3 Å². The fourth-order valence-electron chi connectivity index (χ4n) is 3.15. The standard InChI is InChI=1S/C25H20ClN3O2S/c1-16-23(29-25(32-16)19-5-3-2-4-6-19)17-9-13-21(14-10-17)28-22(30)15-27-24(31)18-7-11-20(26)12-8-18/h2-14H,15H2,1H3,(H,27,31)(H,28,30). The van der Waals surface area contributed by atoms with Crippen molar-refractivity contribution in [1.82, 2.24) is 10.3 Å². The zero-order chi connectivity index (χ0) is 22.5. The van der Waals surface area contributed by atoms with Crippen molar-refractivity contribution in [3.63, 3.8) is 0 Å². The minimum absolute atomic E-state index is 0.130. The molecule has 3 aromatic carbocycles. The lowest BCUT2D eigenvalue weighted by Crippen LogP contribution is -2.32. The monoisotopic (exact) mass is 461 g/mol. The molecule has 0 radical (unpaired) electrons. The van der Waals surface area contributed by atoms with Crippen LogP contribution in [0.25, 0.3) is 21.8 Å². The lowest BCUT2D eigenvalue weighted by atomic mass is 10.1. The highest BCUT2D eigenvalue weighted by atomic mass is 35.5. The highest BCUT2D eigenvalue weighted by Crippen LogP contribution is 2.33. The van der Waals surface area contributed by atoms with Crippen molar-refractivity contribution < 1.29 is 9.59 Å². The van der Waals surface area contributed by atoms with Gasteiger partial charge in [0.15, 0.2) is 0 Å². The Morgan fingerprint density at radius 1 is 0.906 bits per heavy atom. The van der Waals surface area contributed by atoms with E-state index in [2.05, 4.69) is 17.6 Å². The molecule has 160 valence electrons. The number of thiazole rings is 1. The van der Waals surface area contributed by atoms with Gasteiger partial charge < -0.3 is 10.6 Å². The van der Waals surface area contributed by atoms with E-state index in [9.17, 15) is 9.59 Å². The summed E-state index contributed by atoms with van der Waals surface area (Å²) >= 11 is 7.48. The normalized spacial score (nSPS) is 10.6. The first-order valence-corrected chi connectivity index (χ1v) is 11.2. The van der Waals surface area contributed by atoms with Crippen molar-refractivity contribution in [2.45, 2.75) is 6.92 Å². The molecule has 2 amide bonds. The molecule has 0 bridgehead atoms. The number of rotatable bonds is 6. The molecule has 32 heavy (non-hydrogen) atoms. The second-order valence-corrected chi connectivity index (χ2v) is 8.74. The van der Waals surface area contributed by atoms with Gasteiger partial charge in [-0.05, 0) is 43.3 Å². The van der Waals surface area contributed by atoms with Crippen LogP contribution in [0.2, 0.25) is 5.02 Å². The zero-order valence-electron chi connectivity index (χ0n) is 17.3. The summed E-state index contributed by atoms with van der Waals surface area (Å²) in [6.07, 6.45) is 0. The van der Waals surface area contributed by atoms with Crippen LogP contribution in [0.15, 0.2) is 78.9 Å². The van der Waals surface area contributed by atoms with E-state index in [0.29, 0.717) is 16.3 Å². The minimum Gasteiger partial charge on any atom is -0.343 e. The third kappa shape index (κ3) is 5.22. The molecule has 0 atom stereocenters. The number of amides is 2. The SMILES string of the molecule is Cc1sc(-c2ccccc2)nc1-c1ccc(NC(=O)CNC(=O)c2ccc(Cl)cc2)cc1. The van der Waals surface area contributed by atoms with Crippen LogP contribution in [0.1, 0.15) is 15.2 Å². The van der Waals surface area contributed by atoms with Crippen molar-refractivity contribution >= 4 is 40.4 Å². The Hall–Kier alpha value is -3.48. The van der Waals surface area contributed by atoms with E-state index in [4.69, 9.17) is 16.6 Å². The van der Waals surface area contributed by atoms with Crippen LogP contribution in [0, 0.1) is 6.92 Å². The van der Waals surface area contributed by atoms with E-state index < -0.39 is 0 Å². The van der Waals surface area contributed by atoms with Gasteiger partial charge in [0.1, 0.15) is 5.01 Å². The number of hydrogen-bond acceptors (Lipinski definition) is 4. The van der Waals surface area contributed by atoms with E-state index >= 15 is 0 Å². The molecule has 0 saturated carbocycles. The fourth-order valence-corrected chi connectivity index (χ4v) is 4.22. The number of anilines is 1. The highest BCUT2D eigenvalue weighted by molar-refractivity contribution is 7.15. The summed E-state index contributed by atoms with van der Waals surface area (Å²) in [5.74, 6) is -0.642. The molecular formula is C25H20ClN3O2S. The molecule has 1 aromatic heterocycles. The minimum atomic E-state index is -0.333. The van der Waals surface area contributed by atoms with Crippen LogP contribution in [0.4, 0.5) is 5.69 Å². The summed E-state index contributed by atoms with van der Waals surface area (Å²) in [6, 6.07) is 24.1. The Labute approximate surface area is 195 Å². The summed E-state index contributed by atoms with van der Waals surface area (Å²) in [5, 5.41) is 6.92. The molecular weight excluding hydrogens is 442 g/mol. The van der Waals surface area contributed by atoms with Crippen molar-refractivity contribution in [2.75, 3.05) is 11.9 Å². The van der Waals surface area contributed by atoms with Crippen LogP contribution < -0.4 is 10.6 Å². The van der Waals surface area contributed by atoms with Crippen molar-refractivity contribution in [1.29, 1.82) is 0 Å². The second kappa shape index (κ2) is 9.77. The number of hydrogen-bond donors (Lipinski definition) is 2. The topological polar surface area (TPSA) is 71.1 Å². The molecule has 0 aliphatic heterocycles. The number of benzene rings is 3. The molecule has 1 heterocycles. The predicted octanol–water partition coefficient (Wildman–Crippen LogP) is 5.81. The Morgan fingerprint density at radius 2 is 1.59 bits per heavy atom. The van der Waals surface area contributed by atoms with Crippen LogP contribution in [0.3, 0.4) is 0 Å². The lowest BCUT2D eigenvalue weighted by molar-refractivity contribution is -0.115. The van der Waals surface area contributed by atoms with E-state index in [-0.39, 0.29) is 18.4 Å². The number of halogens is 1. The number of carbonyl (C=O) groups excluding carboxylic acids is 2. The van der Waals surface area contributed by atoms with Gasteiger partial charge in [0.25, 0.3) is 5.91 Å². The summed E-state index contributed by atoms with van der Waals surface area (Å²) in [5.41, 5.74) is 4.10. The van der Waals surface area contributed by atoms with Gasteiger partial charge in [-0.15, -0.1) is 11.3 Å². The Kier molecular flexibility index (Phi) is 6.63. The van der Waals surface area contributed by atoms with E-state index in [1.54, 1.807) is 35.6 Å². The van der Waals surface area contributed by atoms with Gasteiger partial charge in [-0.1, -0.05) is 54.1 Å². The molecule has 0 aliphatic carbocycles. The number of carbonyl (C=O) groups is 2. The molecule has 0 fully saturated rings. The first kappa shape index (κ1) is 21.7. The number of aryl methyl sites for hydroxylation is 1. The van der Waals surface area contributed by atoms with Gasteiger partial charge in [-0.2, -0.15) is 0 Å². The van der Waals surface area contributed by atoms with Crippen LogP contribution in [-0.2, 0) is 4.79 Å². The fraction of sp³-hybridized carbons (Fsp3) is 0.0800. The van der Waals surface area contributed by atoms with Gasteiger partial charge in [0.2, 0.25) is 5.91 Å². The largest absolute Gasteiger partial charge is 0.343 e. The van der Waals surface area contributed by atoms with E-state index in [1.165, 1.54) is 0 Å². The lowest BCUT2D eigenvalue weighted by Gasteiger charge is -2.08. The maximum Gasteiger partial charge on any atom is 0.251 e. The first-order chi connectivity index (χ1) is 15.5. The Balaban J connectivity index is 1.37. The second-order valence-electron chi connectivity index (χ2n) is 7.10. The molecule has 4 rings (SSSR count). The van der Waals surface area contributed by atoms with Gasteiger partial charge in [-0.25, -0.2) is 4.98 Å². The number of aromatic nitrogens is 1. The first-order valence-electron chi connectivity index (χ1n) is 9.96. The van der Waals surface area contributed by atoms with Gasteiger partial charge in [0, 0.05) is 32.3 Å². The molecule has 5 nitrogen and oxygen atoms in total. The maximum absolute atomic E-state index is 12.2. The van der Waals surface area contributed by atoms with Crippen molar-refractivity contribution in [2.24, 2.45) is 0 Å². The smallest absolute Gasteiger partial charge is 0.251 e. The van der Waals surface area contributed by atoms with Crippen molar-refractivity contribution in [3.05, 3.63) is 94.3 Å². The molecule has 7 heteroatoms. The van der Waals surface area contributed by atoms with Gasteiger partial charge in [-0.3, -0.25) is 9.59 Å². The average molecular weight is 462 g/mol. The van der Waals surface area contributed by atoms with Crippen LogP contribution >= 0.6 is 22.9 Å². The quantitative estimate of drug-likeness (QED) is 0.380.